The SMILES string of the molecule is CCCCCCCOc1ccc(CN2CCC(Nc3nccc(N4CCCCCC4)n3)CC2)cc1. The normalized spacial score (nSPS) is 17.8. The Morgan fingerprint density at radius 2 is 1.63 bits per heavy atom. The van der Waals surface area contributed by atoms with E-state index in [0.29, 0.717) is 6.04 Å². The minimum atomic E-state index is 0.443. The lowest BCUT2D eigenvalue weighted by atomic mass is 10.0. The van der Waals surface area contributed by atoms with Crippen molar-refractivity contribution in [1.82, 2.24) is 14.9 Å². The van der Waals surface area contributed by atoms with Crippen LogP contribution >= 0.6 is 0 Å². The first-order valence-electron chi connectivity index (χ1n) is 14.1. The van der Waals surface area contributed by atoms with Gasteiger partial charge in [0.15, 0.2) is 0 Å². The first kappa shape index (κ1) is 25.7. The lowest BCUT2D eigenvalue weighted by Gasteiger charge is -2.32. The van der Waals surface area contributed by atoms with Gasteiger partial charge in [-0.05, 0) is 55.9 Å². The zero-order valence-electron chi connectivity index (χ0n) is 21.8. The van der Waals surface area contributed by atoms with E-state index in [4.69, 9.17) is 9.72 Å². The van der Waals surface area contributed by atoms with Crippen LogP contribution in [0.5, 0.6) is 5.75 Å². The van der Waals surface area contributed by atoms with Crippen LogP contribution in [-0.4, -0.2) is 53.7 Å². The molecule has 6 nitrogen and oxygen atoms in total. The Morgan fingerprint density at radius 1 is 0.886 bits per heavy atom. The Balaban J connectivity index is 1.16. The van der Waals surface area contributed by atoms with Gasteiger partial charge in [0.1, 0.15) is 11.6 Å². The molecule has 2 saturated heterocycles. The topological polar surface area (TPSA) is 53.5 Å². The van der Waals surface area contributed by atoms with Gasteiger partial charge in [0.05, 0.1) is 6.61 Å². The van der Waals surface area contributed by atoms with Gasteiger partial charge in [-0.25, -0.2) is 4.98 Å². The van der Waals surface area contributed by atoms with Crippen LogP contribution in [-0.2, 0) is 6.54 Å². The molecule has 0 bridgehead atoms. The van der Waals surface area contributed by atoms with E-state index in [9.17, 15) is 0 Å². The predicted octanol–water partition coefficient (Wildman–Crippen LogP) is 6.28. The number of anilines is 2. The third kappa shape index (κ3) is 8.68. The van der Waals surface area contributed by atoms with E-state index in [1.165, 1.54) is 56.9 Å². The Labute approximate surface area is 212 Å². The van der Waals surface area contributed by atoms with Gasteiger partial charge in [-0.15, -0.1) is 0 Å². The van der Waals surface area contributed by atoms with Crippen molar-refractivity contribution < 1.29 is 4.74 Å². The van der Waals surface area contributed by atoms with Gasteiger partial charge in [-0.2, -0.15) is 4.98 Å². The summed E-state index contributed by atoms with van der Waals surface area (Å²) >= 11 is 0. The molecule has 0 aliphatic carbocycles. The van der Waals surface area contributed by atoms with E-state index in [0.717, 1.165) is 76.1 Å². The molecular formula is C29H45N5O. The van der Waals surface area contributed by atoms with Crippen LogP contribution in [0.25, 0.3) is 0 Å². The average Bonchev–Trinajstić information content (AvgIpc) is 3.18. The van der Waals surface area contributed by atoms with Gasteiger partial charge in [-0.1, -0.05) is 57.6 Å². The molecule has 0 spiro atoms. The van der Waals surface area contributed by atoms with E-state index in [1.807, 2.05) is 6.20 Å². The van der Waals surface area contributed by atoms with E-state index in [-0.39, 0.29) is 0 Å². The lowest BCUT2D eigenvalue weighted by molar-refractivity contribution is 0.211. The smallest absolute Gasteiger partial charge is 0.224 e. The molecule has 3 heterocycles. The van der Waals surface area contributed by atoms with Crippen LogP contribution in [0.2, 0.25) is 0 Å². The first-order valence-corrected chi connectivity index (χ1v) is 14.1. The number of likely N-dealkylation sites (tertiary alicyclic amines) is 1. The second kappa shape index (κ2) is 14.3. The minimum absolute atomic E-state index is 0.443. The molecule has 35 heavy (non-hydrogen) atoms. The summed E-state index contributed by atoms with van der Waals surface area (Å²) in [6.07, 6.45) is 15.7. The lowest BCUT2D eigenvalue weighted by Crippen LogP contribution is -2.39. The molecule has 1 aromatic heterocycles. The van der Waals surface area contributed by atoms with Crippen LogP contribution in [0.4, 0.5) is 11.8 Å². The van der Waals surface area contributed by atoms with Crippen LogP contribution in [0.3, 0.4) is 0 Å². The molecule has 0 unspecified atom stereocenters. The molecular weight excluding hydrogens is 434 g/mol. The number of nitrogens with one attached hydrogen (secondary N) is 1. The van der Waals surface area contributed by atoms with Crippen molar-refractivity contribution in [1.29, 1.82) is 0 Å². The molecule has 192 valence electrons. The van der Waals surface area contributed by atoms with Crippen molar-refractivity contribution in [3.05, 3.63) is 42.1 Å². The van der Waals surface area contributed by atoms with Gasteiger partial charge < -0.3 is 15.0 Å². The van der Waals surface area contributed by atoms with Gasteiger partial charge in [0.2, 0.25) is 5.95 Å². The van der Waals surface area contributed by atoms with E-state index in [1.54, 1.807) is 0 Å². The van der Waals surface area contributed by atoms with Crippen molar-refractivity contribution in [3.63, 3.8) is 0 Å². The molecule has 0 atom stereocenters. The first-order chi connectivity index (χ1) is 17.3. The summed E-state index contributed by atoms with van der Waals surface area (Å²) in [5.74, 6) is 2.85. The fourth-order valence-electron chi connectivity index (χ4n) is 5.16. The summed E-state index contributed by atoms with van der Waals surface area (Å²) in [6, 6.07) is 11.2. The fraction of sp³-hybridized carbons (Fsp3) is 0.655. The highest BCUT2D eigenvalue weighted by atomic mass is 16.5. The molecule has 2 aliphatic heterocycles. The molecule has 0 saturated carbocycles. The van der Waals surface area contributed by atoms with Crippen molar-refractivity contribution in [2.24, 2.45) is 0 Å². The largest absolute Gasteiger partial charge is 0.494 e. The summed E-state index contributed by atoms with van der Waals surface area (Å²) in [5.41, 5.74) is 1.36. The van der Waals surface area contributed by atoms with Crippen molar-refractivity contribution in [2.75, 3.05) is 43.0 Å². The fourth-order valence-corrected chi connectivity index (χ4v) is 5.16. The molecule has 4 rings (SSSR count). The van der Waals surface area contributed by atoms with Crippen LogP contribution in [0.15, 0.2) is 36.5 Å². The monoisotopic (exact) mass is 479 g/mol. The highest BCUT2D eigenvalue weighted by molar-refractivity contribution is 5.43. The predicted molar refractivity (Wildman–Crippen MR) is 145 cm³/mol. The van der Waals surface area contributed by atoms with E-state index >= 15 is 0 Å². The van der Waals surface area contributed by atoms with Gasteiger partial charge in [0, 0.05) is 45.0 Å². The molecule has 2 aromatic rings. The number of nitrogens with zero attached hydrogens (tertiary/aromatic N) is 4. The van der Waals surface area contributed by atoms with Gasteiger partial charge in [0.25, 0.3) is 0 Å². The summed E-state index contributed by atoms with van der Waals surface area (Å²) in [4.78, 5) is 14.3. The van der Waals surface area contributed by atoms with Crippen molar-refractivity contribution in [2.45, 2.75) is 90.1 Å². The number of aromatic nitrogens is 2. The molecule has 1 aromatic carbocycles. The minimum Gasteiger partial charge on any atom is -0.494 e. The van der Waals surface area contributed by atoms with Crippen molar-refractivity contribution >= 4 is 11.8 Å². The van der Waals surface area contributed by atoms with Crippen LogP contribution < -0.4 is 15.0 Å². The highest BCUT2D eigenvalue weighted by Crippen LogP contribution is 2.21. The maximum Gasteiger partial charge on any atom is 0.224 e. The summed E-state index contributed by atoms with van der Waals surface area (Å²) < 4.78 is 5.92. The Morgan fingerprint density at radius 3 is 2.37 bits per heavy atom. The zero-order chi connectivity index (χ0) is 24.1. The standard InChI is InChI=1S/C29H45N5O/c1-2-3-4-7-10-23-35-27-13-11-25(12-14-27)24-33-21-16-26(17-22-33)31-29-30-18-15-28(32-29)34-19-8-5-6-9-20-34/h11-15,18,26H,2-10,16-17,19-24H2,1H3,(H,30,31,32). The number of unbranched alkanes of at least 4 members (excludes halogenated alkanes) is 4. The second-order valence-electron chi connectivity index (χ2n) is 10.2. The number of ether oxygens (including phenoxy) is 1. The summed E-state index contributed by atoms with van der Waals surface area (Å²) in [5, 5.41) is 3.61. The van der Waals surface area contributed by atoms with Gasteiger partial charge in [-0.3, -0.25) is 4.90 Å². The zero-order valence-corrected chi connectivity index (χ0v) is 21.8. The third-order valence-corrected chi connectivity index (χ3v) is 7.34. The molecule has 2 aliphatic rings. The number of hydrogen-bond donors (Lipinski definition) is 1. The van der Waals surface area contributed by atoms with Crippen molar-refractivity contribution in [3.8, 4) is 5.75 Å². The van der Waals surface area contributed by atoms with Crippen LogP contribution in [0.1, 0.15) is 83.1 Å². The van der Waals surface area contributed by atoms with E-state index < -0.39 is 0 Å². The number of hydrogen-bond acceptors (Lipinski definition) is 6. The number of rotatable bonds is 12. The Kier molecular flexibility index (Phi) is 10.5. The Hall–Kier alpha value is -2.34. The maximum absolute atomic E-state index is 5.92. The molecule has 1 N–H and O–H groups in total. The quantitative estimate of drug-likeness (QED) is 0.361. The summed E-state index contributed by atoms with van der Waals surface area (Å²) in [6.45, 7) is 8.50. The summed E-state index contributed by atoms with van der Waals surface area (Å²) in [7, 11) is 0. The van der Waals surface area contributed by atoms with Crippen LogP contribution in [0, 0.1) is 0 Å². The maximum atomic E-state index is 5.92. The third-order valence-electron chi connectivity index (χ3n) is 7.34. The Bertz CT molecular complexity index is 842. The molecule has 0 radical (unpaired) electrons. The molecule has 6 heteroatoms. The van der Waals surface area contributed by atoms with Gasteiger partial charge >= 0.3 is 0 Å². The highest BCUT2D eigenvalue weighted by Gasteiger charge is 2.20. The molecule has 2 fully saturated rings. The van der Waals surface area contributed by atoms with E-state index in [2.05, 4.69) is 57.4 Å². The number of piperidine rings is 1. The second-order valence-corrected chi connectivity index (χ2v) is 10.2. The molecule has 0 amide bonds. The average molecular weight is 480 g/mol. The number of benzene rings is 1.